The summed E-state index contributed by atoms with van der Waals surface area (Å²) in [5.41, 5.74) is 2.74. The molecular formula is C17H25NO. The summed E-state index contributed by atoms with van der Waals surface area (Å²) in [6, 6.07) is 7.37. The molecule has 2 unspecified atom stereocenters. The summed E-state index contributed by atoms with van der Waals surface area (Å²) in [7, 11) is 0. The van der Waals surface area contributed by atoms with Crippen LogP contribution in [0, 0.1) is 12.8 Å². The van der Waals surface area contributed by atoms with Gasteiger partial charge in [0.05, 0.1) is 0 Å². The van der Waals surface area contributed by atoms with Gasteiger partial charge in [0.1, 0.15) is 11.9 Å². The second kappa shape index (κ2) is 5.54. The summed E-state index contributed by atoms with van der Waals surface area (Å²) in [6.07, 6.45) is 6.67. The van der Waals surface area contributed by atoms with Gasteiger partial charge in [0.25, 0.3) is 0 Å². The van der Waals surface area contributed by atoms with Gasteiger partial charge in [-0.2, -0.15) is 0 Å². The third kappa shape index (κ3) is 3.30. The van der Waals surface area contributed by atoms with Crippen LogP contribution in [0.2, 0.25) is 0 Å². The molecule has 104 valence electrons. The molecule has 19 heavy (non-hydrogen) atoms. The monoisotopic (exact) mass is 259 g/mol. The van der Waals surface area contributed by atoms with E-state index in [-0.39, 0.29) is 0 Å². The summed E-state index contributed by atoms with van der Waals surface area (Å²) in [5.74, 6) is 1.86. The van der Waals surface area contributed by atoms with Gasteiger partial charge in [-0.1, -0.05) is 31.0 Å². The molecule has 0 saturated heterocycles. The molecule has 3 rings (SSSR count). The Bertz CT molecular complexity index is 439. The van der Waals surface area contributed by atoms with E-state index >= 15 is 0 Å². The van der Waals surface area contributed by atoms with Gasteiger partial charge in [-0.3, -0.25) is 0 Å². The van der Waals surface area contributed by atoms with Crippen LogP contribution in [0.4, 0.5) is 0 Å². The molecule has 0 radical (unpaired) electrons. The molecule has 0 spiro atoms. The van der Waals surface area contributed by atoms with Gasteiger partial charge >= 0.3 is 0 Å². The van der Waals surface area contributed by atoms with Crippen molar-refractivity contribution >= 4 is 0 Å². The highest BCUT2D eigenvalue weighted by Crippen LogP contribution is 2.32. The summed E-state index contributed by atoms with van der Waals surface area (Å²) >= 11 is 0. The van der Waals surface area contributed by atoms with Crippen LogP contribution in [0.5, 0.6) is 5.75 Å². The third-order valence-electron chi connectivity index (χ3n) is 4.40. The van der Waals surface area contributed by atoms with E-state index in [2.05, 4.69) is 37.4 Å². The molecule has 1 aromatic carbocycles. The van der Waals surface area contributed by atoms with Crippen LogP contribution in [0.25, 0.3) is 0 Å². The molecule has 1 saturated carbocycles. The molecular weight excluding hydrogens is 234 g/mol. The van der Waals surface area contributed by atoms with Crippen molar-refractivity contribution in [1.82, 2.24) is 5.32 Å². The number of ether oxygens (including phenoxy) is 1. The smallest absolute Gasteiger partial charge is 0.123 e. The fraction of sp³-hybridized carbons (Fsp3) is 0.647. The first-order valence-electron chi connectivity index (χ1n) is 7.74. The molecule has 0 bridgehead atoms. The zero-order valence-electron chi connectivity index (χ0n) is 12.1. The van der Waals surface area contributed by atoms with Gasteiger partial charge < -0.3 is 10.1 Å². The molecule has 2 nitrogen and oxygen atoms in total. The lowest BCUT2D eigenvalue weighted by Gasteiger charge is -2.19. The van der Waals surface area contributed by atoms with Crippen LogP contribution in [0.1, 0.15) is 43.7 Å². The normalized spacial score (nSPS) is 22.9. The van der Waals surface area contributed by atoms with Crippen LogP contribution in [-0.4, -0.2) is 18.7 Å². The minimum absolute atomic E-state index is 0.391. The highest BCUT2D eigenvalue weighted by molar-refractivity contribution is 5.40. The molecule has 1 fully saturated rings. The van der Waals surface area contributed by atoms with Crippen molar-refractivity contribution < 1.29 is 4.74 Å². The first kappa shape index (κ1) is 13.0. The lowest BCUT2D eigenvalue weighted by Crippen LogP contribution is -2.28. The van der Waals surface area contributed by atoms with Gasteiger partial charge in [0.2, 0.25) is 0 Å². The fourth-order valence-corrected chi connectivity index (χ4v) is 2.97. The first-order chi connectivity index (χ1) is 9.24. The van der Waals surface area contributed by atoms with Crippen LogP contribution in [-0.2, 0) is 6.42 Å². The lowest BCUT2D eigenvalue weighted by atomic mass is 9.96. The molecule has 0 aromatic heterocycles. The van der Waals surface area contributed by atoms with E-state index in [1.54, 1.807) is 0 Å². The highest BCUT2D eigenvalue weighted by Gasteiger charge is 2.27. The summed E-state index contributed by atoms with van der Waals surface area (Å²) in [4.78, 5) is 0. The van der Waals surface area contributed by atoms with Gasteiger partial charge in [-0.15, -0.1) is 0 Å². The van der Waals surface area contributed by atoms with Crippen LogP contribution in [0.15, 0.2) is 18.2 Å². The van der Waals surface area contributed by atoms with E-state index in [1.165, 1.54) is 36.8 Å². The topological polar surface area (TPSA) is 21.3 Å². The van der Waals surface area contributed by atoms with E-state index in [4.69, 9.17) is 4.74 Å². The van der Waals surface area contributed by atoms with Crippen molar-refractivity contribution in [3.63, 3.8) is 0 Å². The maximum absolute atomic E-state index is 6.09. The molecule has 2 heteroatoms. The quantitative estimate of drug-likeness (QED) is 0.844. The zero-order chi connectivity index (χ0) is 13.2. The maximum atomic E-state index is 6.09. The minimum atomic E-state index is 0.391. The number of hydrogen-bond donors (Lipinski definition) is 1. The van der Waals surface area contributed by atoms with Crippen molar-refractivity contribution in [3.05, 3.63) is 29.3 Å². The third-order valence-corrected chi connectivity index (χ3v) is 4.40. The Balaban J connectivity index is 1.53. The Morgan fingerprint density at radius 1 is 1.37 bits per heavy atom. The van der Waals surface area contributed by atoms with E-state index < -0.39 is 0 Å². The van der Waals surface area contributed by atoms with Gasteiger partial charge in [0.15, 0.2) is 0 Å². The highest BCUT2D eigenvalue weighted by atomic mass is 16.5. The predicted molar refractivity (Wildman–Crippen MR) is 78.7 cm³/mol. The number of nitrogens with one attached hydrogen (secondary N) is 1. The molecule has 1 heterocycles. The molecule has 2 aliphatic rings. The summed E-state index contributed by atoms with van der Waals surface area (Å²) in [5, 5.41) is 3.66. The molecule has 0 amide bonds. The Kier molecular flexibility index (Phi) is 3.79. The number of benzene rings is 1. The number of hydrogen-bond acceptors (Lipinski definition) is 2. The van der Waals surface area contributed by atoms with Crippen LogP contribution < -0.4 is 10.1 Å². The maximum Gasteiger partial charge on any atom is 0.123 e. The Hall–Kier alpha value is -1.02. The standard InChI is InChI=1S/C17H25NO/c1-3-13(11-18-15-5-6-15)9-16-10-14-8-12(2)4-7-17(14)19-16/h4,7-8,13,15-16,18H,3,5-6,9-11H2,1-2H3. The van der Waals surface area contributed by atoms with E-state index in [1.807, 2.05) is 0 Å². The van der Waals surface area contributed by atoms with Crippen molar-refractivity contribution in [1.29, 1.82) is 0 Å². The van der Waals surface area contributed by atoms with E-state index in [0.717, 1.165) is 30.7 Å². The molecule has 2 atom stereocenters. The van der Waals surface area contributed by atoms with E-state index in [0.29, 0.717) is 6.10 Å². The SMILES string of the molecule is CCC(CNC1CC1)CC1Cc2cc(C)ccc2O1. The molecule has 1 N–H and O–H groups in total. The largest absolute Gasteiger partial charge is 0.490 e. The number of fused-ring (bicyclic) bond motifs is 1. The zero-order valence-corrected chi connectivity index (χ0v) is 12.1. The van der Waals surface area contributed by atoms with Crippen LogP contribution >= 0.6 is 0 Å². The number of rotatable bonds is 6. The molecule has 1 aromatic rings. The lowest BCUT2D eigenvalue weighted by molar-refractivity contribution is 0.189. The molecule has 1 aliphatic heterocycles. The Labute approximate surface area is 116 Å². The second-order valence-electron chi connectivity index (χ2n) is 6.25. The average molecular weight is 259 g/mol. The van der Waals surface area contributed by atoms with E-state index in [9.17, 15) is 0 Å². The average Bonchev–Trinajstić information content (AvgIpc) is 3.14. The van der Waals surface area contributed by atoms with Crippen molar-refractivity contribution in [2.45, 2.75) is 58.1 Å². The van der Waals surface area contributed by atoms with Gasteiger partial charge in [0, 0.05) is 12.5 Å². The van der Waals surface area contributed by atoms with Crippen molar-refractivity contribution in [3.8, 4) is 5.75 Å². The predicted octanol–water partition coefficient (Wildman–Crippen LogP) is 3.47. The summed E-state index contributed by atoms with van der Waals surface area (Å²) in [6.45, 7) is 5.61. The van der Waals surface area contributed by atoms with Crippen molar-refractivity contribution in [2.24, 2.45) is 5.92 Å². The minimum Gasteiger partial charge on any atom is -0.490 e. The summed E-state index contributed by atoms with van der Waals surface area (Å²) < 4.78 is 6.09. The Morgan fingerprint density at radius 2 is 2.21 bits per heavy atom. The van der Waals surface area contributed by atoms with Crippen LogP contribution in [0.3, 0.4) is 0 Å². The second-order valence-corrected chi connectivity index (χ2v) is 6.25. The van der Waals surface area contributed by atoms with Gasteiger partial charge in [-0.25, -0.2) is 0 Å². The van der Waals surface area contributed by atoms with Crippen molar-refractivity contribution in [2.75, 3.05) is 6.54 Å². The first-order valence-corrected chi connectivity index (χ1v) is 7.74. The fourth-order valence-electron chi connectivity index (χ4n) is 2.97. The number of aryl methyl sites for hydroxylation is 1. The molecule has 1 aliphatic carbocycles. The van der Waals surface area contributed by atoms with Gasteiger partial charge in [-0.05, 0) is 50.3 Å². The Morgan fingerprint density at radius 3 is 2.95 bits per heavy atom.